The average molecular weight is 448 g/mol. The van der Waals surface area contributed by atoms with Crippen molar-refractivity contribution >= 4 is 27.5 Å². The van der Waals surface area contributed by atoms with Gasteiger partial charge in [0.05, 0.1) is 10.3 Å². The van der Waals surface area contributed by atoms with Crippen LogP contribution in [0.5, 0.6) is 0 Å². The maximum Gasteiger partial charge on any atom is 0.243 e. The summed E-state index contributed by atoms with van der Waals surface area (Å²) in [6.07, 6.45) is 5.93. The summed E-state index contributed by atoms with van der Waals surface area (Å²) >= 11 is 0. The van der Waals surface area contributed by atoms with E-state index < -0.39 is 15.4 Å². The largest absolute Gasteiger partial charge is 0.352 e. The van der Waals surface area contributed by atoms with Gasteiger partial charge in [0.15, 0.2) is 0 Å². The predicted octanol–water partition coefficient (Wildman–Crippen LogP) is 2.79. The molecule has 0 spiro atoms. The first kappa shape index (κ1) is 22.3. The molecule has 0 aromatic heterocycles. The van der Waals surface area contributed by atoms with Crippen LogP contribution >= 0.6 is 0 Å². The number of hydrogen-bond acceptors (Lipinski definition) is 4. The van der Waals surface area contributed by atoms with E-state index in [2.05, 4.69) is 12.2 Å². The lowest BCUT2D eigenvalue weighted by Crippen LogP contribution is -2.44. The van der Waals surface area contributed by atoms with Gasteiger partial charge in [-0.3, -0.25) is 9.59 Å². The van der Waals surface area contributed by atoms with Crippen LogP contribution in [-0.4, -0.2) is 50.2 Å². The van der Waals surface area contributed by atoms with Crippen LogP contribution in [-0.2, 0) is 25.0 Å². The van der Waals surface area contributed by atoms with Gasteiger partial charge < -0.3 is 10.2 Å². The number of carbonyl (C=O) groups is 2. The van der Waals surface area contributed by atoms with Gasteiger partial charge in [-0.15, -0.1) is 0 Å². The number of sulfonamides is 1. The molecule has 1 aromatic carbocycles. The Kier molecular flexibility index (Phi) is 5.89. The quantitative estimate of drug-likeness (QED) is 0.752. The van der Waals surface area contributed by atoms with Gasteiger partial charge in [-0.25, -0.2) is 8.42 Å². The number of amides is 2. The molecular weight excluding hydrogens is 414 g/mol. The maximum absolute atomic E-state index is 13.2. The van der Waals surface area contributed by atoms with E-state index in [1.54, 1.807) is 36.4 Å². The van der Waals surface area contributed by atoms with Crippen molar-refractivity contribution in [2.45, 2.75) is 75.6 Å². The van der Waals surface area contributed by atoms with Gasteiger partial charge in [0.2, 0.25) is 21.8 Å². The molecule has 8 heteroatoms. The predicted molar refractivity (Wildman–Crippen MR) is 119 cm³/mol. The molecule has 2 fully saturated rings. The minimum absolute atomic E-state index is 0.0398. The van der Waals surface area contributed by atoms with Gasteiger partial charge >= 0.3 is 0 Å². The lowest BCUT2D eigenvalue weighted by molar-refractivity contribution is -0.125. The number of hydrogen-bond donors (Lipinski definition) is 1. The first-order chi connectivity index (χ1) is 14.6. The van der Waals surface area contributed by atoms with E-state index in [4.69, 9.17) is 0 Å². The monoisotopic (exact) mass is 447 g/mol. The lowest BCUT2D eigenvalue weighted by atomic mass is 9.86. The number of nitrogens with zero attached hydrogens (tertiary/aromatic N) is 2. The average Bonchev–Trinajstić information content (AvgIpc) is 3.29. The van der Waals surface area contributed by atoms with Gasteiger partial charge in [0, 0.05) is 24.8 Å². The van der Waals surface area contributed by atoms with Crippen LogP contribution in [0, 0.1) is 5.92 Å². The fourth-order valence-electron chi connectivity index (χ4n) is 4.99. The molecule has 7 nitrogen and oxygen atoms in total. The summed E-state index contributed by atoms with van der Waals surface area (Å²) in [5.41, 5.74) is 0.408. The van der Waals surface area contributed by atoms with Crippen LogP contribution in [0.25, 0.3) is 0 Å². The number of fused-ring (bicyclic) bond motifs is 1. The van der Waals surface area contributed by atoms with Crippen molar-refractivity contribution in [1.82, 2.24) is 9.62 Å². The zero-order chi connectivity index (χ0) is 22.4. The third kappa shape index (κ3) is 4.12. The molecule has 2 aliphatic heterocycles. The molecule has 1 saturated heterocycles. The first-order valence-corrected chi connectivity index (χ1v) is 12.8. The van der Waals surface area contributed by atoms with Crippen molar-refractivity contribution in [2.75, 3.05) is 24.5 Å². The molecule has 4 rings (SSSR count). The van der Waals surface area contributed by atoms with Crippen molar-refractivity contribution in [1.29, 1.82) is 0 Å². The molecule has 170 valence electrons. The number of carbonyl (C=O) groups excluding carboxylic acids is 2. The molecule has 0 radical (unpaired) electrons. The highest BCUT2D eigenvalue weighted by molar-refractivity contribution is 7.89. The minimum Gasteiger partial charge on any atom is -0.352 e. The Morgan fingerprint density at radius 3 is 2.42 bits per heavy atom. The second-order valence-electron chi connectivity index (χ2n) is 9.83. The molecule has 1 saturated carbocycles. The molecule has 2 amide bonds. The Bertz CT molecular complexity index is 975. The molecule has 0 bridgehead atoms. The number of nitrogens with one attached hydrogen (secondary N) is 1. The molecule has 3 aliphatic rings. The summed E-state index contributed by atoms with van der Waals surface area (Å²) in [4.78, 5) is 27.4. The van der Waals surface area contributed by atoms with E-state index in [9.17, 15) is 18.0 Å². The fourth-order valence-corrected chi connectivity index (χ4v) is 6.49. The van der Waals surface area contributed by atoms with Crippen molar-refractivity contribution < 1.29 is 18.0 Å². The number of anilines is 1. The van der Waals surface area contributed by atoms with E-state index in [-0.39, 0.29) is 29.3 Å². The van der Waals surface area contributed by atoms with E-state index in [1.165, 1.54) is 4.90 Å². The lowest BCUT2D eigenvalue weighted by Gasteiger charge is -2.29. The van der Waals surface area contributed by atoms with Crippen molar-refractivity contribution in [3.63, 3.8) is 0 Å². The first-order valence-electron chi connectivity index (χ1n) is 11.4. The Hall–Kier alpha value is -1.93. The van der Waals surface area contributed by atoms with Gasteiger partial charge in [-0.05, 0) is 69.2 Å². The molecule has 31 heavy (non-hydrogen) atoms. The summed E-state index contributed by atoms with van der Waals surface area (Å²) < 4.78 is 28.0. The van der Waals surface area contributed by atoms with E-state index >= 15 is 0 Å². The second kappa shape index (κ2) is 8.20. The third-order valence-electron chi connectivity index (χ3n) is 7.11. The fraction of sp³-hybridized carbons (Fsp3) is 0.652. The van der Waals surface area contributed by atoms with Crippen molar-refractivity contribution in [3.8, 4) is 0 Å². The SMILES string of the molecule is CC1CCN(S(=O)(=O)c2ccc3c(c2)C(C)(C)C(=O)N3CC(=O)NC2CCCC2)CC1. The molecule has 1 N–H and O–H groups in total. The van der Waals surface area contributed by atoms with E-state index in [0.717, 1.165) is 38.5 Å². The van der Waals surface area contributed by atoms with Crippen LogP contribution in [0.4, 0.5) is 5.69 Å². The summed E-state index contributed by atoms with van der Waals surface area (Å²) in [5, 5.41) is 3.03. The van der Waals surface area contributed by atoms with Crippen LogP contribution in [0.2, 0.25) is 0 Å². The standard InChI is InChI=1S/C23H33N3O4S/c1-16-10-12-25(13-11-16)31(29,30)18-8-9-20-19(14-18)23(2,3)22(28)26(20)15-21(27)24-17-6-4-5-7-17/h8-9,14,16-17H,4-7,10-13,15H2,1-3H3,(H,24,27). The van der Waals surface area contributed by atoms with Crippen LogP contribution in [0.1, 0.15) is 64.9 Å². The highest BCUT2D eigenvalue weighted by Gasteiger charge is 2.45. The molecule has 2 heterocycles. The van der Waals surface area contributed by atoms with Crippen molar-refractivity contribution in [2.24, 2.45) is 5.92 Å². The van der Waals surface area contributed by atoms with Gasteiger partial charge in [0.25, 0.3) is 0 Å². The molecular formula is C23H33N3O4S. The Morgan fingerprint density at radius 2 is 1.77 bits per heavy atom. The summed E-state index contributed by atoms with van der Waals surface area (Å²) in [6, 6.07) is 5.08. The zero-order valence-electron chi connectivity index (χ0n) is 18.7. The van der Waals surface area contributed by atoms with Crippen LogP contribution in [0.15, 0.2) is 23.1 Å². The van der Waals surface area contributed by atoms with E-state index in [1.807, 2.05) is 0 Å². The Balaban J connectivity index is 1.58. The summed E-state index contributed by atoms with van der Waals surface area (Å²) in [5.74, 6) is 0.195. The summed E-state index contributed by atoms with van der Waals surface area (Å²) in [7, 11) is -3.61. The van der Waals surface area contributed by atoms with Gasteiger partial charge in [-0.2, -0.15) is 4.31 Å². The normalized spacial score (nSPS) is 22.7. The highest BCUT2D eigenvalue weighted by atomic mass is 32.2. The van der Waals surface area contributed by atoms with Crippen LogP contribution < -0.4 is 10.2 Å². The molecule has 0 atom stereocenters. The Morgan fingerprint density at radius 1 is 1.13 bits per heavy atom. The maximum atomic E-state index is 13.2. The molecule has 0 unspecified atom stereocenters. The zero-order valence-corrected chi connectivity index (χ0v) is 19.5. The van der Waals surface area contributed by atoms with Crippen LogP contribution in [0.3, 0.4) is 0 Å². The van der Waals surface area contributed by atoms with Crippen molar-refractivity contribution in [3.05, 3.63) is 23.8 Å². The third-order valence-corrected chi connectivity index (χ3v) is 9.01. The van der Waals surface area contributed by atoms with E-state index in [0.29, 0.717) is 30.3 Å². The van der Waals surface area contributed by atoms with Gasteiger partial charge in [0.1, 0.15) is 6.54 Å². The smallest absolute Gasteiger partial charge is 0.243 e. The molecule has 1 aromatic rings. The number of benzene rings is 1. The topological polar surface area (TPSA) is 86.8 Å². The highest BCUT2D eigenvalue weighted by Crippen LogP contribution is 2.43. The number of rotatable bonds is 5. The minimum atomic E-state index is -3.61. The summed E-state index contributed by atoms with van der Waals surface area (Å²) in [6.45, 7) is 6.74. The number of piperidine rings is 1. The Labute approximate surface area is 185 Å². The second-order valence-corrected chi connectivity index (χ2v) is 11.8. The molecule has 1 aliphatic carbocycles. The van der Waals surface area contributed by atoms with Gasteiger partial charge in [-0.1, -0.05) is 19.8 Å².